The van der Waals surface area contributed by atoms with Gasteiger partial charge >= 0.3 is 0 Å². The predicted octanol–water partition coefficient (Wildman–Crippen LogP) is 20.7. The van der Waals surface area contributed by atoms with Crippen LogP contribution in [0.25, 0.3) is 0 Å². The molecular formula is C72H120N4O3. The van der Waals surface area contributed by atoms with Crippen molar-refractivity contribution >= 4 is 18.6 Å². The number of phenols is 3. The van der Waals surface area contributed by atoms with E-state index in [0.29, 0.717) is 36.9 Å². The highest BCUT2D eigenvalue weighted by molar-refractivity contribution is 5.84. The molecule has 0 saturated heterocycles. The van der Waals surface area contributed by atoms with Crippen LogP contribution in [0.3, 0.4) is 0 Å². The molecule has 0 bridgehead atoms. The number of nitrogens with zero attached hydrogens (tertiary/aromatic N) is 4. The second-order valence-electron chi connectivity index (χ2n) is 23.6. The van der Waals surface area contributed by atoms with Crippen LogP contribution in [-0.4, -0.2) is 78.1 Å². The van der Waals surface area contributed by atoms with Gasteiger partial charge in [-0.3, -0.25) is 19.9 Å². The molecule has 0 unspecified atom stereocenters. The van der Waals surface area contributed by atoms with E-state index in [1.54, 1.807) is 18.6 Å². The van der Waals surface area contributed by atoms with Gasteiger partial charge in [0, 0.05) is 55.0 Å². The second-order valence-corrected chi connectivity index (χ2v) is 23.6. The average molecular weight is 1090 g/mol. The molecule has 0 saturated carbocycles. The third kappa shape index (κ3) is 37.6. The SMILES string of the molecule is CCCCCCCCCCCCCCCc1ccc(C=NCCN(CCN=Cc2ccc(CCCCCCCCCCCCCCC)cc2O)CCN=Cc2ccc(CCCCCCCCCCCCCCC)cc2O)c(O)c1. The average Bonchev–Trinajstić information content (AvgIpc) is 3.45. The van der Waals surface area contributed by atoms with Gasteiger partial charge in [0.15, 0.2) is 0 Å². The van der Waals surface area contributed by atoms with Crippen molar-refractivity contribution in [2.75, 3.05) is 39.3 Å². The van der Waals surface area contributed by atoms with E-state index in [-0.39, 0.29) is 0 Å². The van der Waals surface area contributed by atoms with Gasteiger partial charge in [0.05, 0.1) is 19.6 Å². The molecule has 7 heteroatoms. The summed E-state index contributed by atoms with van der Waals surface area (Å²) in [5.41, 5.74) is 5.82. The fourth-order valence-electron chi connectivity index (χ4n) is 11.0. The minimum atomic E-state index is 0.295. The van der Waals surface area contributed by atoms with Crippen molar-refractivity contribution in [2.45, 2.75) is 290 Å². The van der Waals surface area contributed by atoms with Crippen molar-refractivity contribution < 1.29 is 15.3 Å². The summed E-state index contributed by atoms with van der Waals surface area (Å²) < 4.78 is 0. The van der Waals surface area contributed by atoms with E-state index in [1.165, 1.54) is 248 Å². The van der Waals surface area contributed by atoms with Crippen molar-refractivity contribution in [1.82, 2.24) is 4.90 Å². The van der Waals surface area contributed by atoms with Crippen molar-refractivity contribution in [3.63, 3.8) is 0 Å². The maximum atomic E-state index is 10.9. The fourth-order valence-corrected chi connectivity index (χ4v) is 11.0. The second kappa shape index (κ2) is 49.8. The van der Waals surface area contributed by atoms with E-state index in [2.05, 4.69) is 43.9 Å². The van der Waals surface area contributed by atoms with Crippen molar-refractivity contribution in [2.24, 2.45) is 15.0 Å². The van der Waals surface area contributed by atoms with Crippen molar-refractivity contribution in [1.29, 1.82) is 0 Å². The number of phenolic OH excluding ortho intramolecular Hbond substituents is 3. The number of aryl methyl sites for hydroxylation is 3. The molecule has 3 rings (SSSR count). The van der Waals surface area contributed by atoms with Gasteiger partial charge in [0.2, 0.25) is 0 Å². The van der Waals surface area contributed by atoms with E-state index in [0.717, 1.165) is 74.8 Å². The van der Waals surface area contributed by atoms with E-state index >= 15 is 0 Å². The first-order valence-corrected chi connectivity index (χ1v) is 33.6. The molecular weight excluding hydrogens is 969 g/mol. The molecule has 3 N–H and O–H groups in total. The molecule has 0 radical (unpaired) electrons. The molecule has 3 aromatic rings. The van der Waals surface area contributed by atoms with Gasteiger partial charge in [-0.05, 0) is 91.6 Å². The minimum absolute atomic E-state index is 0.295. The molecule has 0 aliphatic heterocycles. The van der Waals surface area contributed by atoms with Gasteiger partial charge in [-0.2, -0.15) is 0 Å². The zero-order chi connectivity index (χ0) is 56.3. The standard InChI is InChI=1S/C72H120N4O3/c1-4-7-10-13-16-19-22-25-28-31-34-37-40-43-64-46-49-67(70(77)58-64)61-73-52-55-76(56-53-74-62-68-50-47-65(59-71(68)78)44-41-38-35-32-29-26-23-20-17-14-11-8-5-2)57-54-75-63-69-51-48-66(60-72(69)79)45-42-39-36-33-30-27-24-21-18-15-12-9-6-3/h46-51,58-63,77-79H,4-45,52-57H2,1-3H3. The first-order valence-electron chi connectivity index (χ1n) is 33.6. The molecule has 79 heavy (non-hydrogen) atoms. The van der Waals surface area contributed by atoms with Crippen LogP contribution in [0.15, 0.2) is 69.6 Å². The monoisotopic (exact) mass is 1090 g/mol. The smallest absolute Gasteiger partial charge is 0.124 e. The highest BCUT2D eigenvalue weighted by atomic mass is 16.3. The maximum absolute atomic E-state index is 10.9. The lowest BCUT2D eigenvalue weighted by molar-refractivity contribution is 0.298. The number of aliphatic imine (C=N–C) groups is 3. The van der Waals surface area contributed by atoms with Crippen LogP contribution in [-0.2, 0) is 19.3 Å². The van der Waals surface area contributed by atoms with Crippen LogP contribution in [0, 0.1) is 0 Å². The Bertz CT molecular complexity index is 1750. The van der Waals surface area contributed by atoms with E-state index in [9.17, 15) is 15.3 Å². The molecule has 0 atom stereocenters. The van der Waals surface area contributed by atoms with Gasteiger partial charge in [-0.25, -0.2) is 0 Å². The first-order chi connectivity index (χ1) is 38.9. The highest BCUT2D eigenvalue weighted by Crippen LogP contribution is 2.23. The Morgan fingerprint density at radius 2 is 0.494 bits per heavy atom. The third-order valence-corrected chi connectivity index (χ3v) is 16.3. The quantitative estimate of drug-likeness (QED) is 0.0387. The normalized spacial score (nSPS) is 12.0. The topological polar surface area (TPSA) is 101 Å². The minimum Gasteiger partial charge on any atom is -0.507 e. The summed E-state index contributed by atoms with van der Waals surface area (Å²) in [5.74, 6) is 0.884. The maximum Gasteiger partial charge on any atom is 0.124 e. The van der Waals surface area contributed by atoms with Crippen molar-refractivity contribution in [3.8, 4) is 17.2 Å². The zero-order valence-corrected chi connectivity index (χ0v) is 51.5. The van der Waals surface area contributed by atoms with Crippen LogP contribution in [0.4, 0.5) is 0 Å². The van der Waals surface area contributed by atoms with Crippen LogP contribution >= 0.6 is 0 Å². The van der Waals surface area contributed by atoms with Crippen LogP contribution in [0.1, 0.15) is 305 Å². The van der Waals surface area contributed by atoms with Gasteiger partial charge in [0.25, 0.3) is 0 Å². The Morgan fingerprint density at radius 1 is 0.291 bits per heavy atom. The summed E-state index contributed by atoms with van der Waals surface area (Å²) >= 11 is 0. The number of benzene rings is 3. The van der Waals surface area contributed by atoms with Crippen LogP contribution < -0.4 is 0 Å². The summed E-state index contributed by atoms with van der Waals surface area (Å²) in [4.78, 5) is 16.6. The fraction of sp³-hybridized carbons (Fsp3) is 0.708. The third-order valence-electron chi connectivity index (χ3n) is 16.3. The number of rotatable bonds is 54. The molecule has 7 nitrogen and oxygen atoms in total. The Morgan fingerprint density at radius 3 is 0.696 bits per heavy atom. The molecule has 0 aliphatic carbocycles. The highest BCUT2D eigenvalue weighted by Gasteiger charge is 2.08. The molecule has 3 aromatic carbocycles. The van der Waals surface area contributed by atoms with E-state index in [4.69, 9.17) is 15.0 Å². The molecule has 0 aromatic heterocycles. The molecule has 0 amide bonds. The van der Waals surface area contributed by atoms with Crippen molar-refractivity contribution in [3.05, 3.63) is 88.0 Å². The van der Waals surface area contributed by atoms with Gasteiger partial charge in [-0.1, -0.05) is 270 Å². The number of hydrogen-bond donors (Lipinski definition) is 3. The summed E-state index contributed by atoms with van der Waals surface area (Å²) in [7, 11) is 0. The van der Waals surface area contributed by atoms with Gasteiger partial charge in [-0.15, -0.1) is 0 Å². The molecule has 0 heterocycles. The summed E-state index contributed by atoms with van der Waals surface area (Å²) in [6.45, 7) is 10.8. The molecule has 0 spiro atoms. The Labute approximate surface area is 486 Å². The summed E-state index contributed by atoms with van der Waals surface area (Å²) in [6, 6.07) is 18.2. The molecule has 446 valence electrons. The Balaban J connectivity index is 1.43. The Hall–Kier alpha value is -3.97. The van der Waals surface area contributed by atoms with Crippen LogP contribution in [0.2, 0.25) is 0 Å². The lowest BCUT2D eigenvalue weighted by Gasteiger charge is -2.19. The van der Waals surface area contributed by atoms with Crippen LogP contribution in [0.5, 0.6) is 17.2 Å². The van der Waals surface area contributed by atoms with E-state index in [1.807, 2.05) is 36.4 Å². The lowest BCUT2D eigenvalue weighted by Crippen LogP contribution is -2.31. The zero-order valence-electron chi connectivity index (χ0n) is 51.5. The van der Waals surface area contributed by atoms with Gasteiger partial charge < -0.3 is 15.3 Å². The lowest BCUT2D eigenvalue weighted by atomic mass is 10.0. The molecule has 0 aliphatic rings. The van der Waals surface area contributed by atoms with Gasteiger partial charge in [0.1, 0.15) is 17.2 Å². The summed E-state index contributed by atoms with van der Waals surface area (Å²) in [6.07, 6.45) is 61.1. The largest absolute Gasteiger partial charge is 0.507 e. The first kappa shape index (κ1) is 69.3. The summed E-state index contributed by atoms with van der Waals surface area (Å²) in [5, 5.41) is 32.7. The molecule has 0 fully saturated rings. The number of aromatic hydroxyl groups is 3. The number of unbranched alkanes of at least 4 members (excludes halogenated alkanes) is 36. The Kier molecular flexibility index (Phi) is 43.7. The number of hydrogen-bond acceptors (Lipinski definition) is 7. The predicted molar refractivity (Wildman–Crippen MR) is 346 cm³/mol. The van der Waals surface area contributed by atoms with E-state index < -0.39 is 0 Å².